The van der Waals surface area contributed by atoms with E-state index >= 15 is 0 Å². The topological polar surface area (TPSA) is 110 Å². The molecule has 7 nitrogen and oxygen atoms in total. The first-order valence-corrected chi connectivity index (χ1v) is 11.0. The van der Waals surface area contributed by atoms with Crippen LogP contribution in [0.15, 0.2) is 24.3 Å². The van der Waals surface area contributed by atoms with E-state index in [1.807, 2.05) is 6.92 Å². The number of hydrogen-bond donors (Lipinski definition) is 2. The zero-order valence-electron chi connectivity index (χ0n) is 15.5. The van der Waals surface area contributed by atoms with Crippen LogP contribution in [0.25, 0.3) is 0 Å². The number of aliphatic carboxylic acids is 1. The van der Waals surface area contributed by atoms with Crippen LogP contribution in [0.4, 0.5) is 0 Å². The molecule has 8 heteroatoms. The highest BCUT2D eigenvalue weighted by atomic mass is 32.2. The van der Waals surface area contributed by atoms with E-state index < -0.39 is 38.6 Å². The van der Waals surface area contributed by atoms with E-state index in [0.29, 0.717) is 25.2 Å². The molecule has 2 N–H and O–H groups in total. The molecule has 1 aliphatic rings. The Balaban J connectivity index is 1.88. The summed E-state index contributed by atoms with van der Waals surface area (Å²) in [4.78, 5) is 23.5. The van der Waals surface area contributed by atoms with Crippen LogP contribution in [-0.2, 0) is 25.8 Å². The van der Waals surface area contributed by atoms with Gasteiger partial charge in [-0.05, 0) is 43.9 Å². The van der Waals surface area contributed by atoms with Crippen LogP contribution in [0.1, 0.15) is 38.2 Å². The Bertz CT molecular complexity index is 738. The Morgan fingerprint density at radius 1 is 1.22 bits per heavy atom. The third-order valence-electron chi connectivity index (χ3n) is 4.75. The lowest BCUT2D eigenvalue weighted by atomic mass is 9.99. The summed E-state index contributed by atoms with van der Waals surface area (Å²) < 4.78 is 29.8. The molecule has 1 aliphatic carbocycles. The lowest BCUT2D eigenvalue weighted by molar-refractivity contribution is -0.141. The summed E-state index contributed by atoms with van der Waals surface area (Å²) in [6, 6.07) is 7.11. The molecule has 1 aromatic carbocycles. The third kappa shape index (κ3) is 6.53. The van der Waals surface area contributed by atoms with Crippen molar-refractivity contribution in [1.29, 1.82) is 0 Å². The summed E-state index contributed by atoms with van der Waals surface area (Å²) in [6.07, 6.45) is 3.18. The van der Waals surface area contributed by atoms with Gasteiger partial charge in [0.25, 0.3) is 0 Å². The van der Waals surface area contributed by atoms with Crippen molar-refractivity contribution in [3.05, 3.63) is 29.8 Å². The van der Waals surface area contributed by atoms with Crippen LogP contribution in [-0.4, -0.2) is 49.6 Å². The second-order valence-corrected chi connectivity index (χ2v) is 9.12. The minimum atomic E-state index is -3.47. The maximum absolute atomic E-state index is 12.2. The molecule has 1 aromatic rings. The molecule has 27 heavy (non-hydrogen) atoms. The zero-order valence-corrected chi connectivity index (χ0v) is 16.3. The van der Waals surface area contributed by atoms with Crippen molar-refractivity contribution >= 4 is 21.7 Å². The van der Waals surface area contributed by atoms with E-state index in [1.54, 1.807) is 24.3 Å². The highest BCUT2D eigenvalue weighted by molar-refractivity contribution is 7.92. The molecule has 1 saturated carbocycles. The molecular formula is C19H27NO6S. The van der Waals surface area contributed by atoms with Gasteiger partial charge in [0.1, 0.15) is 11.5 Å². The van der Waals surface area contributed by atoms with Crippen LogP contribution in [0.2, 0.25) is 0 Å². The monoisotopic (exact) mass is 397 g/mol. The molecule has 0 aliphatic heterocycles. The van der Waals surface area contributed by atoms with Gasteiger partial charge < -0.3 is 15.2 Å². The number of sulfone groups is 1. The molecule has 1 amide bonds. The molecule has 0 saturated heterocycles. The van der Waals surface area contributed by atoms with Crippen molar-refractivity contribution in [2.45, 2.75) is 44.3 Å². The van der Waals surface area contributed by atoms with E-state index in [4.69, 9.17) is 4.74 Å². The molecule has 2 rings (SSSR count). The van der Waals surface area contributed by atoms with Gasteiger partial charge in [0.15, 0.2) is 9.84 Å². The van der Waals surface area contributed by atoms with Crippen LogP contribution in [0.5, 0.6) is 5.75 Å². The average molecular weight is 397 g/mol. The molecule has 0 bridgehead atoms. The summed E-state index contributed by atoms with van der Waals surface area (Å²) in [5, 5.41) is 11.4. The Morgan fingerprint density at radius 3 is 2.41 bits per heavy atom. The lowest BCUT2D eigenvalue weighted by Gasteiger charge is -2.15. The van der Waals surface area contributed by atoms with Crippen molar-refractivity contribution in [2.75, 3.05) is 18.9 Å². The van der Waals surface area contributed by atoms with Gasteiger partial charge in [-0.3, -0.25) is 9.59 Å². The summed E-state index contributed by atoms with van der Waals surface area (Å²) in [5.74, 6) is -2.38. The predicted molar refractivity (Wildman–Crippen MR) is 101 cm³/mol. The number of ether oxygens (including phenoxy) is 1. The first-order valence-electron chi connectivity index (χ1n) is 9.24. The highest BCUT2D eigenvalue weighted by Gasteiger charge is 2.31. The maximum atomic E-state index is 12.2. The van der Waals surface area contributed by atoms with Crippen molar-refractivity contribution < 1.29 is 27.9 Å². The van der Waals surface area contributed by atoms with Gasteiger partial charge in [-0.15, -0.1) is 0 Å². The lowest BCUT2D eigenvalue weighted by Crippen LogP contribution is -2.38. The van der Waals surface area contributed by atoms with Gasteiger partial charge in [0.05, 0.1) is 17.8 Å². The molecule has 0 aromatic heterocycles. The number of carboxylic acid groups (broad SMARTS) is 1. The quantitative estimate of drug-likeness (QED) is 0.623. The number of rotatable bonds is 10. The summed E-state index contributed by atoms with van der Waals surface area (Å²) in [5.41, 5.74) is 0.804. The van der Waals surface area contributed by atoms with Crippen molar-refractivity contribution in [3.8, 4) is 5.75 Å². The van der Waals surface area contributed by atoms with Crippen LogP contribution < -0.4 is 10.1 Å². The number of carbonyl (C=O) groups excluding carboxylic acids is 1. The maximum Gasteiger partial charge on any atom is 0.308 e. The fourth-order valence-electron chi connectivity index (χ4n) is 3.26. The number of carboxylic acids is 1. The Morgan fingerprint density at radius 2 is 1.85 bits per heavy atom. The molecule has 150 valence electrons. The Hall–Kier alpha value is -2.09. The number of amides is 1. The molecule has 1 fully saturated rings. The van der Waals surface area contributed by atoms with E-state index in [9.17, 15) is 23.1 Å². The van der Waals surface area contributed by atoms with E-state index in [1.165, 1.54) is 0 Å². The van der Waals surface area contributed by atoms with Gasteiger partial charge in [-0.1, -0.05) is 25.0 Å². The van der Waals surface area contributed by atoms with Gasteiger partial charge in [0, 0.05) is 6.54 Å². The first kappa shape index (κ1) is 21.2. The van der Waals surface area contributed by atoms with Crippen LogP contribution in [0, 0.1) is 5.92 Å². The second kappa shape index (κ2) is 9.73. The van der Waals surface area contributed by atoms with Crippen molar-refractivity contribution in [3.63, 3.8) is 0 Å². The third-order valence-corrected chi connectivity index (χ3v) is 6.91. The van der Waals surface area contributed by atoms with E-state index in [0.717, 1.165) is 18.4 Å². The molecular weight excluding hydrogens is 370 g/mol. The van der Waals surface area contributed by atoms with Gasteiger partial charge in [-0.25, -0.2) is 8.42 Å². The SMILES string of the molecule is CCOc1ccc(CC(CNC(=O)CS(=O)(=O)C2CCCC2)C(=O)O)cc1. The summed E-state index contributed by atoms with van der Waals surface area (Å²) in [6.45, 7) is 2.32. The molecule has 0 radical (unpaired) electrons. The van der Waals surface area contributed by atoms with Gasteiger partial charge in [-0.2, -0.15) is 0 Å². The van der Waals surface area contributed by atoms with Gasteiger partial charge >= 0.3 is 5.97 Å². The minimum absolute atomic E-state index is 0.110. The molecule has 1 atom stereocenters. The Labute approximate surface area is 160 Å². The normalized spacial score (nSPS) is 16.0. The number of carbonyl (C=O) groups is 2. The van der Waals surface area contributed by atoms with Crippen LogP contribution >= 0.6 is 0 Å². The van der Waals surface area contributed by atoms with E-state index in [2.05, 4.69) is 5.32 Å². The summed E-state index contributed by atoms with van der Waals surface area (Å²) >= 11 is 0. The first-order chi connectivity index (χ1) is 12.8. The summed E-state index contributed by atoms with van der Waals surface area (Å²) in [7, 11) is -3.47. The highest BCUT2D eigenvalue weighted by Crippen LogP contribution is 2.25. The van der Waals surface area contributed by atoms with Crippen molar-refractivity contribution in [2.24, 2.45) is 5.92 Å². The van der Waals surface area contributed by atoms with Crippen molar-refractivity contribution in [1.82, 2.24) is 5.32 Å². The molecule has 0 spiro atoms. The number of nitrogens with one attached hydrogen (secondary N) is 1. The Kier molecular flexibility index (Phi) is 7.65. The number of benzene rings is 1. The van der Waals surface area contributed by atoms with Crippen LogP contribution in [0.3, 0.4) is 0 Å². The standard InChI is InChI=1S/C19H27NO6S/c1-2-26-16-9-7-14(8-10-16)11-15(19(22)23)12-20-18(21)13-27(24,25)17-5-3-4-6-17/h7-10,15,17H,2-6,11-13H2,1H3,(H,20,21)(H,22,23). The van der Waals surface area contributed by atoms with Gasteiger partial charge in [0.2, 0.25) is 5.91 Å². The smallest absolute Gasteiger partial charge is 0.308 e. The zero-order chi connectivity index (χ0) is 19.9. The second-order valence-electron chi connectivity index (χ2n) is 6.83. The fourth-order valence-corrected chi connectivity index (χ4v) is 5.01. The fraction of sp³-hybridized carbons (Fsp3) is 0.579. The number of hydrogen-bond acceptors (Lipinski definition) is 5. The minimum Gasteiger partial charge on any atom is -0.494 e. The largest absolute Gasteiger partial charge is 0.494 e. The van der Waals surface area contributed by atoms with E-state index in [-0.39, 0.29) is 13.0 Å². The predicted octanol–water partition coefficient (Wildman–Crippen LogP) is 1.80. The molecule has 1 unspecified atom stereocenters. The average Bonchev–Trinajstić information content (AvgIpc) is 3.15. The molecule has 0 heterocycles.